The molecule has 5 heteroatoms. The lowest BCUT2D eigenvalue weighted by Crippen LogP contribution is -2.23. The topological polar surface area (TPSA) is 72.2 Å². The SMILES string of the molecule is CCc1ccc(CNS(=O)(=O)c2ccc(CN)cc2)cc1. The number of hydrogen-bond acceptors (Lipinski definition) is 3. The van der Waals surface area contributed by atoms with Gasteiger partial charge < -0.3 is 5.73 Å². The maximum absolute atomic E-state index is 12.2. The third-order valence-corrected chi connectivity index (χ3v) is 4.78. The summed E-state index contributed by atoms with van der Waals surface area (Å²) in [7, 11) is -3.49. The molecule has 0 radical (unpaired) electrons. The minimum Gasteiger partial charge on any atom is -0.326 e. The molecule has 0 aromatic heterocycles. The van der Waals surface area contributed by atoms with Crippen LogP contribution in [0.15, 0.2) is 53.4 Å². The van der Waals surface area contributed by atoms with Gasteiger partial charge in [0.15, 0.2) is 0 Å². The maximum Gasteiger partial charge on any atom is 0.240 e. The first-order chi connectivity index (χ1) is 10.0. The van der Waals surface area contributed by atoms with Gasteiger partial charge in [0.05, 0.1) is 4.90 Å². The Balaban J connectivity index is 2.05. The van der Waals surface area contributed by atoms with Gasteiger partial charge in [0.1, 0.15) is 0 Å². The lowest BCUT2D eigenvalue weighted by Gasteiger charge is -2.08. The van der Waals surface area contributed by atoms with Gasteiger partial charge in [0, 0.05) is 13.1 Å². The van der Waals surface area contributed by atoms with Crippen LogP contribution >= 0.6 is 0 Å². The highest BCUT2D eigenvalue weighted by Crippen LogP contribution is 2.11. The van der Waals surface area contributed by atoms with Gasteiger partial charge in [-0.05, 0) is 35.2 Å². The summed E-state index contributed by atoms with van der Waals surface area (Å²) in [4.78, 5) is 0.255. The number of nitrogens with one attached hydrogen (secondary N) is 1. The molecule has 21 heavy (non-hydrogen) atoms. The molecule has 0 bridgehead atoms. The van der Waals surface area contributed by atoms with E-state index in [1.807, 2.05) is 24.3 Å². The normalized spacial score (nSPS) is 11.5. The van der Waals surface area contributed by atoms with Crippen molar-refractivity contribution in [1.82, 2.24) is 4.72 Å². The summed E-state index contributed by atoms with van der Waals surface area (Å²) in [5, 5.41) is 0. The first kappa shape index (κ1) is 15.7. The van der Waals surface area contributed by atoms with Crippen LogP contribution < -0.4 is 10.5 Å². The fourth-order valence-corrected chi connectivity index (χ4v) is 2.98. The second-order valence-electron chi connectivity index (χ2n) is 4.84. The molecule has 2 aromatic rings. The summed E-state index contributed by atoms with van der Waals surface area (Å²) in [5.41, 5.74) is 8.58. The Kier molecular flexibility index (Phi) is 5.12. The van der Waals surface area contributed by atoms with Crippen molar-refractivity contribution in [3.63, 3.8) is 0 Å². The highest BCUT2D eigenvalue weighted by Gasteiger charge is 2.13. The van der Waals surface area contributed by atoms with Crippen LogP contribution in [-0.2, 0) is 29.5 Å². The van der Waals surface area contributed by atoms with E-state index in [0.29, 0.717) is 6.54 Å². The molecule has 0 heterocycles. The van der Waals surface area contributed by atoms with Crippen LogP contribution in [0, 0.1) is 0 Å². The first-order valence-corrected chi connectivity index (χ1v) is 8.40. The van der Waals surface area contributed by atoms with Crippen molar-refractivity contribution in [3.05, 3.63) is 65.2 Å². The molecular weight excluding hydrogens is 284 g/mol. The zero-order chi connectivity index (χ0) is 15.3. The molecule has 0 aliphatic carbocycles. The molecule has 2 aromatic carbocycles. The Morgan fingerprint density at radius 2 is 1.43 bits per heavy atom. The highest BCUT2D eigenvalue weighted by molar-refractivity contribution is 7.89. The van der Waals surface area contributed by atoms with Crippen molar-refractivity contribution >= 4 is 10.0 Å². The molecule has 0 atom stereocenters. The van der Waals surface area contributed by atoms with Gasteiger partial charge in [-0.2, -0.15) is 0 Å². The minimum atomic E-state index is -3.49. The molecule has 3 N–H and O–H groups in total. The molecule has 112 valence electrons. The molecule has 0 unspecified atom stereocenters. The van der Waals surface area contributed by atoms with Crippen molar-refractivity contribution in [2.24, 2.45) is 5.73 Å². The van der Waals surface area contributed by atoms with E-state index in [4.69, 9.17) is 5.73 Å². The molecule has 0 amide bonds. The van der Waals surface area contributed by atoms with Gasteiger partial charge in [-0.1, -0.05) is 43.3 Å². The largest absolute Gasteiger partial charge is 0.326 e. The monoisotopic (exact) mass is 304 g/mol. The lowest BCUT2D eigenvalue weighted by molar-refractivity contribution is 0.581. The second kappa shape index (κ2) is 6.85. The number of benzene rings is 2. The number of hydrogen-bond donors (Lipinski definition) is 2. The van der Waals surface area contributed by atoms with E-state index < -0.39 is 10.0 Å². The third kappa shape index (κ3) is 4.14. The molecule has 0 aliphatic heterocycles. The quantitative estimate of drug-likeness (QED) is 0.859. The number of nitrogens with two attached hydrogens (primary N) is 1. The van der Waals surface area contributed by atoms with Gasteiger partial charge in [-0.15, -0.1) is 0 Å². The van der Waals surface area contributed by atoms with Crippen molar-refractivity contribution in [2.75, 3.05) is 0 Å². The van der Waals surface area contributed by atoms with Crippen LogP contribution in [0.4, 0.5) is 0 Å². The zero-order valence-electron chi connectivity index (χ0n) is 12.0. The standard InChI is InChI=1S/C16H20N2O2S/c1-2-13-3-5-15(6-4-13)12-18-21(19,20)16-9-7-14(11-17)8-10-16/h3-10,18H,2,11-12,17H2,1H3. The molecular formula is C16H20N2O2S. The molecule has 0 aliphatic rings. The van der Waals surface area contributed by atoms with E-state index in [1.54, 1.807) is 24.3 Å². The molecule has 4 nitrogen and oxygen atoms in total. The van der Waals surface area contributed by atoms with Crippen LogP contribution in [-0.4, -0.2) is 8.42 Å². The number of sulfonamides is 1. The Morgan fingerprint density at radius 3 is 1.95 bits per heavy atom. The number of aryl methyl sites for hydroxylation is 1. The number of rotatable bonds is 6. The molecule has 0 fully saturated rings. The van der Waals surface area contributed by atoms with Crippen LogP contribution in [0.25, 0.3) is 0 Å². The summed E-state index contributed by atoms with van der Waals surface area (Å²) >= 11 is 0. The zero-order valence-corrected chi connectivity index (χ0v) is 12.9. The Morgan fingerprint density at radius 1 is 0.905 bits per heavy atom. The Labute approximate surface area is 126 Å². The summed E-state index contributed by atoms with van der Waals surface area (Å²) in [6.45, 7) is 2.77. The van der Waals surface area contributed by atoms with E-state index >= 15 is 0 Å². The van der Waals surface area contributed by atoms with Crippen LogP contribution in [0.2, 0.25) is 0 Å². The fraction of sp³-hybridized carbons (Fsp3) is 0.250. The van der Waals surface area contributed by atoms with Crippen LogP contribution in [0.3, 0.4) is 0 Å². The third-order valence-electron chi connectivity index (χ3n) is 3.37. The van der Waals surface area contributed by atoms with E-state index in [1.165, 1.54) is 5.56 Å². The smallest absolute Gasteiger partial charge is 0.240 e. The molecule has 0 saturated carbocycles. The Hall–Kier alpha value is -1.69. The molecule has 2 rings (SSSR count). The summed E-state index contributed by atoms with van der Waals surface area (Å²) in [6, 6.07) is 14.5. The van der Waals surface area contributed by atoms with E-state index in [0.717, 1.165) is 17.5 Å². The summed E-state index contributed by atoms with van der Waals surface area (Å²) in [5.74, 6) is 0. The van der Waals surface area contributed by atoms with Gasteiger partial charge >= 0.3 is 0 Å². The van der Waals surface area contributed by atoms with E-state index in [9.17, 15) is 8.42 Å². The predicted octanol–water partition coefficient (Wildman–Crippen LogP) is 2.19. The van der Waals surface area contributed by atoms with E-state index in [2.05, 4.69) is 11.6 Å². The average Bonchev–Trinajstić information content (AvgIpc) is 2.53. The average molecular weight is 304 g/mol. The maximum atomic E-state index is 12.2. The van der Waals surface area contributed by atoms with Crippen molar-refractivity contribution in [2.45, 2.75) is 31.3 Å². The molecule has 0 saturated heterocycles. The molecule has 0 spiro atoms. The fourth-order valence-electron chi connectivity index (χ4n) is 1.96. The van der Waals surface area contributed by atoms with Crippen molar-refractivity contribution < 1.29 is 8.42 Å². The van der Waals surface area contributed by atoms with Crippen molar-refractivity contribution in [1.29, 1.82) is 0 Å². The van der Waals surface area contributed by atoms with Gasteiger partial charge in [-0.25, -0.2) is 13.1 Å². The van der Waals surface area contributed by atoms with Crippen LogP contribution in [0.1, 0.15) is 23.6 Å². The van der Waals surface area contributed by atoms with Gasteiger partial charge in [-0.3, -0.25) is 0 Å². The Bertz CT molecular complexity index is 677. The van der Waals surface area contributed by atoms with Gasteiger partial charge in [0.25, 0.3) is 0 Å². The summed E-state index contributed by atoms with van der Waals surface area (Å²) in [6.07, 6.45) is 0.972. The predicted molar refractivity (Wildman–Crippen MR) is 84.2 cm³/mol. The second-order valence-corrected chi connectivity index (χ2v) is 6.61. The van der Waals surface area contributed by atoms with Crippen LogP contribution in [0.5, 0.6) is 0 Å². The van der Waals surface area contributed by atoms with Crippen molar-refractivity contribution in [3.8, 4) is 0 Å². The summed E-state index contributed by atoms with van der Waals surface area (Å²) < 4.78 is 27.0. The minimum absolute atomic E-state index is 0.255. The first-order valence-electron chi connectivity index (χ1n) is 6.91. The highest BCUT2D eigenvalue weighted by atomic mass is 32.2. The van der Waals surface area contributed by atoms with E-state index in [-0.39, 0.29) is 11.4 Å². The van der Waals surface area contributed by atoms with Gasteiger partial charge in [0.2, 0.25) is 10.0 Å². The lowest BCUT2D eigenvalue weighted by atomic mass is 10.1.